The highest BCUT2D eigenvalue weighted by atomic mass is 32.2. The monoisotopic (exact) mass is 490 g/mol. The molecule has 0 aliphatic carbocycles. The molecule has 13 heteroatoms. The quantitative estimate of drug-likeness (QED) is 0.441. The number of sulfonamides is 1. The third-order valence-corrected chi connectivity index (χ3v) is 7.39. The number of hydrogen-bond acceptors (Lipinski definition) is 6. The fourth-order valence-electron chi connectivity index (χ4n) is 3.78. The zero-order chi connectivity index (χ0) is 24.3. The van der Waals surface area contributed by atoms with Crippen molar-refractivity contribution in [1.82, 2.24) is 19.8 Å². The minimum Gasteiger partial charge on any atom is -0.463 e. The molecule has 33 heavy (non-hydrogen) atoms. The zero-order valence-corrected chi connectivity index (χ0v) is 19.0. The minimum atomic E-state index is -4.38. The molecule has 2 N–H and O–H groups in total. The fourth-order valence-corrected chi connectivity index (χ4v) is 5.26. The molecule has 2 amide bonds. The van der Waals surface area contributed by atoms with Gasteiger partial charge in [-0.05, 0) is 25.5 Å². The first-order valence-electron chi connectivity index (χ1n) is 10.4. The Bertz CT molecular complexity index is 1070. The van der Waals surface area contributed by atoms with Gasteiger partial charge in [-0.3, -0.25) is 4.90 Å². The Labute approximate surface area is 189 Å². The van der Waals surface area contributed by atoms with Crippen LogP contribution in [0, 0.1) is 17.5 Å². The Morgan fingerprint density at radius 1 is 1.12 bits per heavy atom. The molecular formula is C20H25F3N4O5S. The van der Waals surface area contributed by atoms with Crippen LogP contribution in [0.5, 0.6) is 0 Å². The lowest BCUT2D eigenvalue weighted by molar-refractivity contribution is -0.139. The summed E-state index contributed by atoms with van der Waals surface area (Å²) in [6, 6.07) is 0.279. The molecule has 1 aromatic rings. The van der Waals surface area contributed by atoms with Crippen LogP contribution < -0.4 is 10.6 Å². The molecule has 9 nitrogen and oxygen atoms in total. The second kappa shape index (κ2) is 10.1. The van der Waals surface area contributed by atoms with E-state index >= 15 is 0 Å². The maximum atomic E-state index is 14.1. The highest BCUT2D eigenvalue weighted by Crippen LogP contribution is 2.25. The molecular weight excluding hydrogens is 465 g/mol. The SMILES string of the molecule is CCOC(=O)C1=C(CN2CCN(S(=O)(=O)c3ccc(F)c(F)c3F)CC2)NC(=O)NC1CC. The summed E-state index contributed by atoms with van der Waals surface area (Å²) in [4.78, 5) is 25.4. The number of hydrogen-bond donors (Lipinski definition) is 2. The zero-order valence-electron chi connectivity index (χ0n) is 18.2. The normalized spacial score (nSPS) is 20.4. The number of esters is 1. The van der Waals surface area contributed by atoms with Crippen LogP contribution in [0.2, 0.25) is 0 Å². The van der Waals surface area contributed by atoms with E-state index in [4.69, 9.17) is 4.74 Å². The van der Waals surface area contributed by atoms with Crippen molar-refractivity contribution in [3.63, 3.8) is 0 Å². The summed E-state index contributed by atoms with van der Waals surface area (Å²) < 4.78 is 72.4. The number of rotatable bonds is 7. The summed E-state index contributed by atoms with van der Waals surface area (Å²) in [6.07, 6.45) is 0.469. The van der Waals surface area contributed by atoms with Gasteiger partial charge in [-0.1, -0.05) is 6.92 Å². The van der Waals surface area contributed by atoms with Crippen molar-refractivity contribution < 1.29 is 35.9 Å². The molecule has 0 spiro atoms. The van der Waals surface area contributed by atoms with Crippen LogP contribution in [0.3, 0.4) is 0 Å². The number of halogens is 3. The second-order valence-electron chi connectivity index (χ2n) is 7.53. The predicted octanol–water partition coefficient (Wildman–Crippen LogP) is 1.32. The molecule has 2 aliphatic rings. The van der Waals surface area contributed by atoms with Crippen LogP contribution in [0.1, 0.15) is 20.3 Å². The first-order valence-corrected chi connectivity index (χ1v) is 11.9. The van der Waals surface area contributed by atoms with Gasteiger partial charge >= 0.3 is 12.0 Å². The Balaban J connectivity index is 1.75. The van der Waals surface area contributed by atoms with Gasteiger partial charge in [-0.25, -0.2) is 31.2 Å². The van der Waals surface area contributed by atoms with Crippen LogP contribution in [-0.2, 0) is 19.6 Å². The number of nitrogens with zero attached hydrogens (tertiary/aromatic N) is 2. The Kier molecular flexibility index (Phi) is 7.65. The number of amides is 2. The Morgan fingerprint density at radius 3 is 2.39 bits per heavy atom. The van der Waals surface area contributed by atoms with Crippen molar-refractivity contribution in [2.45, 2.75) is 31.2 Å². The van der Waals surface area contributed by atoms with Gasteiger partial charge in [0.05, 0.1) is 18.2 Å². The predicted molar refractivity (Wildman–Crippen MR) is 111 cm³/mol. The van der Waals surface area contributed by atoms with Crippen LogP contribution >= 0.6 is 0 Å². The van der Waals surface area contributed by atoms with E-state index in [2.05, 4.69) is 10.6 Å². The number of nitrogens with one attached hydrogen (secondary N) is 2. The van der Waals surface area contributed by atoms with Crippen molar-refractivity contribution in [3.8, 4) is 0 Å². The summed E-state index contributed by atoms with van der Waals surface area (Å²) in [5.41, 5.74) is 0.671. The van der Waals surface area contributed by atoms with E-state index in [0.29, 0.717) is 29.8 Å². The van der Waals surface area contributed by atoms with Crippen molar-refractivity contribution >= 4 is 22.0 Å². The van der Waals surface area contributed by atoms with Gasteiger partial charge in [-0.15, -0.1) is 0 Å². The van der Waals surface area contributed by atoms with E-state index < -0.39 is 50.4 Å². The summed E-state index contributed by atoms with van der Waals surface area (Å²) in [5.74, 6) is -5.64. The van der Waals surface area contributed by atoms with E-state index in [0.717, 1.165) is 4.31 Å². The van der Waals surface area contributed by atoms with E-state index in [9.17, 15) is 31.2 Å². The molecule has 1 atom stereocenters. The Morgan fingerprint density at radius 2 is 1.79 bits per heavy atom. The van der Waals surface area contributed by atoms with Gasteiger partial charge in [0.15, 0.2) is 17.5 Å². The molecule has 1 fully saturated rings. The van der Waals surface area contributed by atoms with Gasteiger partial charge in [0.2, 0.25) is 10.0 Å². The van der Waals surface area contributed by atoms with Crippen molar-refractivity contribution in [1.29, 1.82) is 0 Å². The third-order valence-electron chi connectivity index (χ3n) is 5.48. The minimum absolute atomic E-state index is 0.0494. The molecule has 0 aromatic heterocycles. The molecule has 1 saturated heterocycles. The van der Waals surface area contributed by atoms with E-state index in [1.165, 1.54) is 0 Å². The molecule has 0 saturated carbocycles. The maximum Gasteiger partial charge on any atom is 0.337 e. The molecule has 2 aliphatic heterocycles. The van der Waals surface area contributed by atoms with Gasteiger partial charge in [0.1, 0.15) is 4.90 Å². The lowest BCUT2D eigenvalue weighted by atomic mass is 10.00. The molecule has 3 rings (SSSR count). The first-order chi connectivity index (χ1) is 15.6. The molecule has 0 bridgehead atoms. The van der Waals surface area contributed by atoms with Gasteiger partial charge in [0, 0.05) is 38.4 Å². The smallest absolute Gasteiger partial charge is 0.337 e. The second-order valence-corrected chi connectivity index (χ2v) is 9.43. The van der Waals surface area contributed by atoms with E-state index in [-0.39, 0.29) is 39.3 Å². The molecule has 2 heterocycles. The maximum absolute atomic E-state index is 14.1. The van der Waals surface area contributed by atoms with Crippen molar-refractivity contribution in [3.05, 3.63) is 40.9 Å². The van der Waals surface area contributed by atoms with Crippen LogP contribution in [0.25, 0.3) is 0 Å². The van der Waals surface area contributed by atoms with Gasteiger partial charge in [0.25, 0.3) is 0 Å². The standard InChI is InChI=1S/C20H25F3N4O5S/c1-3-13-16(19(28)32-4-2)14(25-20(29)24-13)11-26-7-9-27(10-8-26)33(30,31)15-6-5-12(21)17(22)18(15)23/h5-6,13H,3-4,7-11H2,1-2H3,(H2,24,25,29). The lowest BCUT2D eigenvalue weighted by Gasteiger charge is -2.36. The van der Waals surface area contributed by atoms with Crippen LogP contribution in [-0.4, -0.2) is 75.0 Å². The van der Waals surface area contributed by atoms with Crippen LogP contribution in [0.4, 0.5) is 18.0 Å². The lowest BCUT2D eigenvalue weighted by Crippen LogP contribution is -2.54. The highest BCUT2D eigenvalue weighted by molar-refractivity contribution is 7.89. The number of ether oxygens (including phenoxy) is 1. The fraction of sp³-hybridized carbons (Fsp3) is 0.500. The number of carbonyl (C=O) groups excluding carboxylic acids is 2. The summed E-state index contributed by atoms with van der Waals surface area (Å²) in [7, 11) is -4.38. The number of benzene rings is 1. The average Bonchev–Trinajstić information content (AvgIpc) is 2.77. The van der Waals surface area contributed by atoms with E-state index in [1.807, 2.05) is 11.8 Å². The van der Waals surface area contributed by atoms with Crippen molar-refractivity contribution in [2.24, 2.45) is 0 Å². The first kappa shape index (κ1) is 25.0. The molecule has 182 valence electrons. The molecule has 1 unspecified atom stereocenters. The number of carbonyl (C=O) groups is 2. The molecule has 1 aromatic carbocycles. The number of urea groups is 1. The van der Waals surface area contributed by atoms with Crippen molar-refractivity contribution in [2.75, 3.05) is 39.3 Å². The van der Waals surface area contributed by atoms with Crippen LogP contribution in [0.15, 0.2) is 28.3 Å². The third kappa shape index (κ3) is 5.14. The van der Waals surface area contributed by atoms with Gasteiger partial charge < -0.3 is 15.4 Å². The average molecular weight is 491 g/mol. The number of piperazine rings is 1. The summed E-state index contributed by atoms with van der Waals surface area (Å²) in [6.45, 7) is 4.10. The van der Waals surface area contributed by atoms with Gasteiger partial charge in [-0.2, -0.15) is 4.31 Å². The highest BCUT2D eigenvalue weighted by Gasteiger charge is 2.35. The summed E-state index contributed by atoms with van der Waals surface area (Å²) >= 11 is 0. The summed E-state index contributed by atoms with van der Waals surface area (Å²) in [5, 5.41) is 5.31. The topological polar surface area (TPSA) is 108 Å². The molecule has 0 radical (unpaired) electrons. The Hall–Kier alpha value is -2.64. The van der Waals surface area contributed by atoms with E-state index in [1.54, 1.807) is 6.92 Å². The largest absolute Gasteiger partial charge is 0.463 e.